The van der Waals surface area contributed by atoms with Gasteiger partial charge in [-0.1, -0.05) is 22.8 Å². The number of halogens is 1. The van der Waals surface area contributed by atoms with Crippen LogP contribution in [0.25, 0.3) is 0 Å². The van der Waals surface area contributed by atoms with Gasteiger partial charge in [0.1, 0.15) is 0 Å². The number of aryl methyl sites for hydroxylation is 1. The van der Waals surface area contributed by atoms with E-state index in [0.717, 1.165) is 11.4 Å². The molecule has 7 heteroatoms. The van der Waals surface area contributed by atoms with E-state index in [9.17, 15) is 4.79 Å². The first kappa shape index (κ1) is 20.6. The molecule has 0 atom stereocenters. The molecule has 2 aromatic rings. The number of methoxy groups -OCH3 is 2. The fraction of sp³-hybridized carbons (Fsp3) is 0.300. The van der Waals surface area contributed by atoms with Crippen LogP contribution in [0.3, 0.4) is 0 Å². The van der Waals surface area contributed by atoms with Gasteiger partial charge < -0.3 is 18.9 Å². The van der Waals surface area contributed by atoms with Gasteiger partial charge in [-0.05, 0) is 32.0 Å². The van der Waals surface area contributed by atoms with Crippen LogP contribution in [0.15, 0.2) is 36.0 Å². The second kappa shape index (κ2) is 9.28. The van der Waals surface area contributed by atoms with Crippen molar-refractivity contribution >= 4 is 23.6 Å². The van der Waals surface area contributed by atoms with Crippen molar-refractivity contribution in [2.45, 2.75) is 20.4 Å². The normalized spacial score (nSPS) is 10.9. The van der Waals surface area contributed by atoms with Crippen LogP contribution in [0.5, 0.6) is 11.5 Å². The summed E-state index contributed by atoms with van der Waals surface area (Å²) in [7, 11) is 3.03. The number of nitrogens with zero attached hydrogens (tertiary/aromatic N) is 2. The minimum atomic E-state index is -0.157. The molecule has 1 heterocycles. The number of oxime groups is 1. The third-order valence-electron chi connectivity index (χ3n) is 4.11. The maximum atomic E-state index is 12.4. The summed E-state index contributed by atoms with van der Waals surface area (Å²) < 4.78 is 12.4. The standard InChI is InChI=1S/C20H23ClN2O4/c1-6-7-23-13(2)8-16(14(23)3)18(24)12-27-22-11-15-9-17(21)20(26-5)19(10-15)25-4/h6,8-11H,1,7,12H2,2-5H3/b22-11+. The van der Waals surface area contributed by atoms with Crippen LogP contribution in [0, 0.1) is 13.8 Å². The molecule has 0 spiro atoms. The number of benzene rings is 1. The number of allylic oxidation sites excluding steroid dienone is 1. The maximum Gasteiger partial charge on any atom is 0.204 e. The zero-order valence-electron chi connectivity index (χ0n) is 15.9. The number of hydrogen-bond acceptors (Lipinski definition) is 5. The Labute approximate surface area is 164 Å². The SMILES string of the molecule is C=CCn1c(C)cc(C(=O)CO/N=C/c2cc(Cl)c(OC)c(OC)c2)c1C. The summed E-state index contributed by atoms with van der Waals surface area (Å²) in [6, 6.07) is 5.23. The molecule has 0 fully saturated rings. The van der Waals surface area contributed by atoms with Crippen LogP contribution in [0.2, 0.25) is 5.02 Å². The van der Waals surface area contributed by atoms with Gasteiger partial charge in [-0.15, -0.1) is 6.58 Å². The average molecular weight is 391 g/mol. The van der Waals surface area contributed by atoms with Crippen LogP contribution in [0.4, 0.5) is 0 Å². The van der Waals surface area contributed by atoms with Crippen LogP contribution < -0.4 is 9.47 Å². The van der Waals surface area contributed by atoms with E-state index in [2.05, 4.69) is 11.7 Å². The molecule has 0 aliphatic carbocycles. The van der Waals surface area contributed by atoms with Crippen molar-refractivity contribution in [3.8, 4) is 11.5 Å². The van der Waals surface area contributed by atoms with E-state index in [1.165, 1.54) is 20.4 Å². The van der Waals surface area contributed by atoms with Gasteiger partial charge in [0.2, 0.25) is 5.78 Å². The number of carbonyl (C=O) groups is 1. The molecule has 0 unspecified atom stereocenters. The molecule has 6 nitrogen and oxygen atoms in total. The van der Waals surface area contributed by atoms with E-state index < -0.39 is 0 Å². The number of hydrogen-bond donors (Lipinski definition) is 0. The summed E-state index contributed by atoms with van der Waals surface area (Å²) >= 11 is 6.15. The van der Waals surface area contributed by atoms with Crippen LogP contribution in [0.1, 0.15) is 27.3 Å². The summed E-state index contributed by atoms with van der Waals surface area (Å²) in [6.07, 6.45) is 3.26. The lowest BCUT2D eigenvalue weighted by Gasteiger charge is -2.09. The Bertz CT molecular complexity index is 871. The zero-order chi connectivity index (χ0) is 20.0. The van der Waals surface area contributed by atoms with Gasteiger partial charge in [0.05, 0.1) is 25.5 Å². The minimum Gasteiger partial charge on any atom is -0.493 e. The fourth-order valence-electron chi connectivity index (χ4n) is 2.78. The maximum absolute atomic E-state index is 12.4. The lowest BCUT2D eigenvalue weighted by atomic mass is 10.2. The van der Waals surface area contributed by atoms with Crippen molar-refractivity contribution < 1.29 is 19.1 Å². The highest BCUT2D eigenvalue weighted by Gasteiger charge is 2.15. The second-order valence-electron chi connectivity index (χ2n) is 5.85. The molecule has 1 aromatic heterocycles. The van der Waals surface area contributed by atoms with Crippen molar-refractivity contribution in [2.24, 2.45) is 5.16 Å². The first-order valence-corrected chi connectivity index (χ1v) is 8.68. The van der Waals surface area contributed by atoms with Gasteiger partial charge in [-0.3, -0.25) is 4.79 Å². The van der Waals surface area contributed by atoms with E-state index in [1.807, 2.05) is 24.5 Å². The van der Waals surface area contributed by atoms with Gasteiger partial charge >= 0.3 is 0 Å². The van der Waals surface area contributed by atoms with Gasteiger partial charge in [0.15, 0.2) is 18.1 Å². The molecule has 0 saturated carbocycles. The lowest BCUT2D eigenvalue weighted by molar-refractivity contribution is 0.0778. The van der Waals surface area contributed by atoms with Gasteiger partial charge in [-0.25, -0.2) is 0 Å². The predicted octanol–water partition coefficient (Wildman–Crippen LogP) is 4.19. The molecule has 0 radical (unpaired) electrons. The van der Waals surface area contributed by atoms with Crippen molar-refractivity contribution in [1.29, 1.82) is 0 Å². The number of ketones is 1. The summed E-state index contributed by atoms with van der Waals surface area (Å²) in [5.74, 6) is 0.792. The Morgan fingerprint density at radius 3 is 2.63 bits per heavy atom. The zero-order valence-corrected chi connectivity index (χ0v) is 16.7. The predicted molar refractivity (Wildman–Crippen MR) is 107 cm³/mol. The van der Waals surface area contributed by atoms with E-state index in [-0.39, 0.29) is 12.4 Å². The highest BCUT2D eigenvalue weighted by atomic mass is 35.5. The van der Waals surface area contributed by atoms with Gasteiger partial charge in [0.25, 0.3) is 0 Å². The van der Waals surface area contributed by atoms with Crippen molar-refractivity contribution in [3.63, 3.8) is 0 Å². The Morgan fingerprint density at radius 1 is 1.26 bits per heavy atom. The quantitative estimate of drug-likeness (QED) is 0.279. The van der Waals surface area contributed by atoms with Crippen LogP contribution in [-0.2, 0) is 11.4 Å². The van der Waals surface area contributed by atoms with Gasteiger partial charge in [-0.2, -0.15) is 0 Å². The van der Waals surface area contributed by atoms with E-state index in [1.54, 1.807) is 18.2 Å². The van der Waals surface area contributed by atoms with Crippen molar-refractivity contribution in [1.82, 2.24) is 4.57 Å². The molecular formula is C20H23ClN2O4. The molecule has 0 aliphatic heterocycles. The molecule has 2 rings (SSSR count). The molecule has 0 amide bonds. The molecule has 0 aliphatic rings. The number of rotatable bonds is 9. The minimum absolute atomic E-state index is 0.138. The number of aromatic nitrogens is 1. The monoisotopic (exact) mass is 390 g/mol. The first-order valence-electron chi connectivity index (χ1n) is 8.30. The van der Waals surface area contributed by atoms with Crippen molar-refractivity contribution in [2.75, 3.05) is 20.8 Å². The molecule has 0 N–H and O–H groups in total. The highest BCUT2D eigenvalue weighted by Crippen LogP contribution is 2.35. The lowest BCUT2D eigenvalue weighted by Crippen LogP contribution is -2.09. The number of ether oxygens (including phenoxy) is 2. The Kier molecular flexibility index (Phi) is 7.07. The second-order valence-corrected chi connectivity index (χ2v) is 6.26. The summed E-state index contributed by atoms with van der Waals surface area (Å²) in [4.78, 5) is 17.6. The summed E-state index contributed by atoms with van der Waals surface area (Å²) in [5, 5.41) is 4.24. The highest BCUT2D eigenvalue weighted by molar-refractivity contribution is 6.32. The molecular weight excluding hydrogens is 368 g/mol. The number of carbonyl (C=O) groups excluding carboxylic acids is 1. The van der Waals surface area contributed by atoms with Gasteiger partial charge in [0, 0.05) is 29.1 Å². The molecule has 1 aromatic carbocycles. The Morgan fingerprint density at radius 2 is 2.00 bits per heavy atom. The Hall–Kier alpha value is -2.73. The van der Waals surface area contributed by atoms with Crippen molar-refractivity contribution in [3.05, 3.63) is 58.4 Å². The first-order chi connectivity index (χ1) is 12.9. The third kappa shape index (κ3) is 4.71. The largest absolute Gasteiger partial charge is 0.493 e. The van der Waals surface area contributed by atoms with Crippen LogP contribution in [-0.4, -0.2) is 37.4 Å². The fourth-order valence-corrected chi connectivity index (χ4v) is 3.07. The average Bonchev–Trinajstić information content (AvgIpc) is 2.93. The summed E-state index contributed by atoms with van der Waals surface area (Å²) in [6.45, 7) is 8.09. The topological polar surface area (TPSA) is 62.1 Å². The molecule has 27 heavy (non-hydrogen) atoms. The van der Waals surface area contributed by atoms with E-state index >= 15 is 0 Å². The molecule has 0 bridgehead atoms. The smallest absolute Gasteiger partial charge is 0.204 e. The van der Waals surface area contributed by atoms with Crippen LogP contribution >= 0.6 is 11.6 Å². The summed E-state index contributed by atoms with van der Waals surface area (Å²) in [5.41, 5.74) is 3.17. The third-order valence-corrected chi connectivity index (χ3v) is 4.39. The molecule has 0 saturated heterocycles. The van der Waals surface area contributed by atoms with E-state index in [0.29, 0.717) is 34.2 Å². The Balaban J connectivity index is 2.04. The van der Waals surface area contributed by atoms with E-state index in [4.69, 9.17) is 25.9 Å². The number of Topliss-reactive ketones (excluding diaryl/α,β-unsaturated/α-hetero) is 1. The molecule has 144 valence electrons.